The van der Waals surface area contributed by atoms with Crippen LogP contribution in [0.2, 0.25) is 5.15 Å². The van der Waals surface area contributed by atoms with Crippen LogP contribution in [0.25, 0.3) is 0 Å². The Kier molecular flexibility index (Phi) is 6.43. The molecule has 0 aliphatic carbocycles. The number of carbonyl (C=O) groups excluding carboxylic acids is 2. The molecule has 0 spiro atoms. The van der Waals surface area contributed by atoms with Crippen LogP contribution in [-0.4, -0.2) is 28.7 Å². The fourth-order valence-electron chi connectivity index (χ4n) is 1.66. The Balaban J connectivity index is 1.81. The number of pyridine rings is 1. The summed E-state index contributed by atoms with van der Waals surface area (Å²) in [6, 6.07) is 12.7. The van der Waals surface area contributed by atoms with Crippen LogP contribution in [0.5, 0.6) is 0 Å². The Labute approximate surface area is 143 Å². The van der Waals surface area contributed by atoms with E-state index >= 15 is 0 Å². The van der Waals surface area contributed by atoms with Gasteiger partial charge in [-0.15, -0.1) is 11.8 Å². The van der Waals surface area contributed by atoms with Gasteiger partial charge in [-0.05, 0) is 31.2 Å². The van der Waals surface area contributed by atoms with Crippen LogP contribution < -0.4 is 5.32 Å². The number of nitrogens with zero attached hydrogens (tertiary/aromatic N) is 1. The first-order valence-electron chi connectivity index (χ1n) is 6.85. The average Bonchev–Trinajstić information content (AvgIpc) is 2.56. The van der Waals surface area contributed by atoms with Gasteiger partial charge >= 0.3 is 5.97 Å². The summed E-state index contributed by atoms with van der Waals surface area (Å²) in [5.41, 5.74) is 0.376. The number of hydrogen-bond donors (Lipinski definition) is 1. The molecule has 2 rings (SSSR count). The number of benzene rings is 1. The van der Waals surface area contributed by atoms with Gasteiger partial charge in [0, 0.05) is 11.1 Å². The third-order valence-corrected chi connectivity index (χ3v) is 4.08. The van der Waals surface area contributed by atoms with Crippen LogP contribution >= 0.6 is 23.4 Å². The summed E-state index contributed by atoms with van der Waals surface area (Å²) in [5, 5.41) is 2.75. The van der Waals surface area contributed by atoms with Gasteiger partial charge in [0.2, 0.25) is 0 Å². The van der Waals surface area contributed by atoms with E-state index in [9.17, 15) is 9.59 Å². The minimum absolute atomic E-state index is 0.134. The number of hydrogen-bond acceptors (Lipinski definition) is 5. The lowest BCUT2D eigenvalue weighted by atomic mass is 10.3. The number of halogens is 1. The fraction of sp³-hybridized carbons (Fsp3) is 0.188. The summed E-state index contributed by atoms with van der Waals surface area (Å²) >= 11 is 7.21. The van der Waals surface area contributed by atoms with Crippen LogP contribution in [-0.2, 0) is 14.3 Å². The predicted molar refractivity (Wildman–Crippen MR) is 90.6 cm³/mol. The molecule has 0 radical (unpaired) electrons. The highest BCUT2D eigenvalue weighted by molar-refractivity contribution is 8.00. The van der Waals surface area contributed by atoms with Gasteiger partial charge in [0.05, 0.1) is 11.4 Å². The molecular weight excluding hydrogens is 336 g/mol. The van der Waals surface area contributed by atoms with Crippen molar-refractivity contribution in [2.24, 2.45) is 0 Å². The largest absolute Gasteiger partial charge is 0.452 e. The topological polar surface area (TPSA) is 68.3 Å². The molecule has 2 aromatic rings. The maximum Gasteiger partial charge on any atom is 0.317 e. The number of amides is 1. The van der Waals surface area contributed by atoms with Crippen LogP contribution in [0.15, 0.2) is 53.6 Å². The second-order valence-corrected chi connectivity index (χ2v) is 5.97. The summed E-state index contributed by atoms with van der Waals surface area (Å²) in [6.07, 6.45) is 0.595. The quantitative estimate of drug-likeness (QED) is 0.491. The molecule has 23 heavy (non-hydrogen) atoms. The molecule has 7 heteroatoms. The second-order valence-electron chi connectivity index (χ2n) is 4.56. The molecule has 0 unspecified atom stereocenters. The molecule has 0 saturated carbocycles. The summed E-state index contributed by atoms with van der Waals surface area (Å²) in [7, 11) is 0. The number of anilines is 1. The predicted octanol–water partition coefficient (Wildman–Crippen LogP) is 3.40. The zero-order valence-electron chi connectivity index (χ0n) is 12.4. The number of carbonyl (C=O) groups is 2. The molecule has 1 atom stereocenters. The first-order chi connectivity index (χ1) is 11.1. The van der Waals surface area contributed by atoms with E-state index in [-0.39, 0.29) is 10.9 Å². The molecule has 0 aliphatic heterocycles. The van der Waals surface area contributed by atoms with E-state index in [2.05, 4.69) is 10.3 Å². The Morgan fingerprint density at radius 3 is 2.70 bits per heavy atom. The smallest absolute Gasteiger partial charge is 0.317 e. The minimum Gasteiger partial charge on any atom is -0.452 e. The SMILES string of the molecule is C[C@@H](OC(=O)CSc1ccccc1)C(=O)Nc1cccnc1Cl. The number of rotatable bonds is 6. The molecule has 5 nitrogen and oxygen atoms in total. The van der Waals surface area contributed by atoms with Gasteiger partial charge in [0.15, 0.2) is 11.3 Å². The molecule has 0 aliphatic rings. The van der Waals surface area contributed by atoms with E-state index in [4.69, 9.17) is 16.3 Å². The number of esters is 1. The van der Waals surface area contributed by atoms with E-state index in [0.717, 1.165) is 4.90 Å². The van der Waals surface area contributed by atoms with Crippen molar-refractivity contribution in [3.05, 3.63) is 53.8 Å². The zero-order valence-corrected chi connectivity index (χ0v) is 13.9. The first kappa shape index (κ1) is 17.3. The molecule has 1 amide bonds. The van der Waals surface area contributed by atoms with Gasteiger partial charge < -0.3 is 10.1 Å². The van der Waals surface area contributed by atoms with Crippen LogP contribution in [0, 0.1) is 0 Å². The van der Waals surface area contributed by atoms with E-state index in [1.807, 2.05) is 30.3 Å². The fourth-order valence-corrected chi connectivity index (χ4v) is 2.53. The molecule has 1 aromatic carbocycles. The third-order valence-electron chi connectivity index (χ3n) is 2.79. The minimum atomic E-state index is -0.921. The van der Waals surface area contributed by atoms with Crippen molar-refractivity contribution in [2.75, 3.05) is 11.1 Å². The van der Waals surface area contributed by atoms with Gasteiger partial charge in [0.25, 0.3) is 5.91 Å². The molecule has 0 fully saturated rings. The molecule has 0 bridgehead atoms. The maximum atomic E-state index is 12.0. The Morgan fingerprint density at radius 1 is 1.26 bits per heavy atom. The number of nitrogens with one attached hydrogen (secondary N) is 1. The lowest BCUT2D eigenvalue weighted by Crippen LogP contribution is -2.30. The van der Waals surface area contributed by atoms with Gasteiger partial charge in [-0.2, -0.15) is 0 Å². The highest BCUT2D eigenvalue weighted by atomic mass is 35.5. The summed E-state index contributed by atoms with van der Waals surface area (Å²) in [4.78, 5) is 28.6. The average molecular weight is 351 g/mol. The molecule has 1 N–H and O–H groups in total. The third kappa shape index (κ3) is 5.58. The summed E-state index contributed by atoms with van der Waals surface area (Å²) < 4.78 is 5.11. The Morgan fingerprint density at radius 2 is 2.00 bits per heavy atom. The van der Waals surface area contributed by atoms with E-state index in [1.165, 1.54) is 24.9 Å². The molecule has 1 heterocycles. The highest BCUT2D eigenvalue weighted by Crippen LogP contribution is 2.19. The lowest BCUT2D eigenvalue weighted by Gasteiger charge is -2.13. The van der Waals surface area contributed by atoms with Gasteiger partial charge in [-0.3, -0.25) is 9.59 Å². The molecular formula is C16H15ClN2O3S. The van der Waals surface area contributed by atoms with E-state index in [1.54, 1.807) is 12.1 Å². The first-order valence-corrected chi connectivity index (χ1v) is 8.21. The van der Waals surface area contributed by atoms with Crippen LogP contribution in [0.1, 0.15) is 6.92 Å². The van der Waals surface area contributed by atoms with Crippen molar-refractivity contribution >= 4 is 40.9 Å². The van der Waals surface area contributed by atoms with Crippen molar-refractivity contribution < 1.29 is 14.3 Å². The molecule has 120 valence electrons. The van der Waals surface area contributed by atoms with Crippen LogP contribution in [0.3, 0.4) is 0 Å². The van der Waals surface area contributed by atoms with Gasteiger partial charge in [-0.25, -0.2) is 4.98 Å². The maximum absolute atomic E-state index is 12.0. The van der Waals surface area contributed by atoms with E-state index in [0.29, 0.717) is 5.69 Å². The zero-order chi connectivity index (χ0) is 16.7. The number of thioether (sulfide) groups is 1. The standard InChI is InChI=1S/C16H15ClN2O3S/c1-11(16(21)19-13-8-5-9-18-15(13)17)22-14(20)10-23-12-6-3-2-4-7-12/h2-9,11H,10H2,1H3,(H,19,21)/t11-/m1/s1. The van der Waals surface area contributed by atoms with Crippen molar-refractivity contribution in [3.63, 3.8) is 0 Å². The molecule has 1 aromatic heterocycles. The summed E-state index contributed by atoms with van der Waals surface area (Å²) in [6.45, 7) is 1.50. The number of ether oxygens (including phenoxy) is 1. The second kappa shape index (κ2) is 8.55. The van der Waals surface area contributed by atoms with Crippen molar-refractivity contribution in [3.8, 4) is 0 Å². The van der Waals surface area contributed by atoms with Crippen molar-refractivity contribution in [1.82, 2.24) is 4.98 Å². The van der Waals surface area contributed by atoms with Crippen molar-refractivity contribution in [1.29, 1.82) is 0 Å². The molecule has 0 saturated heterocycles. The number of aromatic nitrogens is 1. The van der Waals surface area contributed by atoms with Crippen LogP contribution in [0.4, 0.5) is 5.69 Å². The lowest BCUT2D eigenvalue weighted by molar-refractivity contribution is -0.150. The summed E-state index contributed by atoms with van der Waals surface area (Å²) in [5.74, 6) is -0.785. The van der Waals surface area contributed by atoms with E-state index < -0.39 is 18.0 Å². The Hall–Kier alpha value is -2.05. The Bertz CT molecular complexity index is 682. The van der Waals surface area contributed by atoms with Crippen molar-refractivity contribution in [2.45, 2.75) is 17.9 Å². The van der Waals surface area contributed by atoms with Gasteiger partial charge in [-0.1, -0.05) is 29.8 Å². The van der Waals surface area contributed by atoms with Gasteiger partial charge in [0.1, 0.15) is 0 Å². The highest BCUT2D eigenvalue weighted by Gasteiger charge is 2.19. The monoisotopic (exact) mass is 350 g/mol. The normalized spacial score (nSPS) is 11.6.